The molecule has 0 aliphatic carbocycles. The van der Waals surface area contributed by atoms with Gasteiger partial charge in [0.2, 0.25) is 5.89 Å². The van der Waals surface area contributed by atoms with Crippen LogP contribution in [0.1, 0.15) is 50.2 Å². The third kappa shape index (κ3) is 5.42. The minimum absolute atomic E-state index is 0.00217. The van der Waals surface area contributed by atoms with Crippen molar-refractivity contribution in [3.8, 4) is 0 Å². The van der Waals surface area contributed by atoms with Crippen LogP contribution < -0.4 is 5.32 Å². The number of hydrogen-bond acceptors (Lipinski definition) is 4. The lowest BCUT2D eigenvalue weighted by atomic mass is 10.0. The highest BCUT2D eigenvalue weighted by Crippen LogP contribution is 2.27. The fourth-order valence-electron chi connectivity index (χ4n) is 3.36. The Morgan fingerprint density at radius 2 is 1.87 bits per heavy atom. The smallest absolute Gasteiger partial charge is 0.324 e. The fraction of sp³-hybridized carbons (Fsp3) is 0.391. The third-order valence-electron chi connectivity index (χ3n) is 4.99. The van der Waals surface area contributed by atoms with Crippen LogP contribution in [0, 0.1) is 0 Å². The summed E-state index contributed by atoms with van der Waals surface area (Å²) in [5, 5.41) is 12.9. The van der Waals surface area contributed by atoms with Crippen molar-refractivity contribution >= 4 is 17.0 Å². The van der Waals surface area contributed by atoms with Crippen LogP contribution in [0.5, 0.6) is 0 Å². The molecule has 0 fully saturated rings. The number of nitrogens with zero attached hydrogens (tertiary/aromatic N) is 1. The number of nitrogens with one attached hydrogen (secondary N) is 1. The molecule has 0 saturated heterocycles. The van der Waals surface area contributed by atoms with Gasteiger partial charge in [0.1, 0.15) is 5.52 Å². The molecule has 160 valence electrons. The number of carbonyl (C=O) groups is 1. The van der Waals surface area contributed by atoms with E-state index < -0.39 is 30.4 Å². The number of carbonyl (C=O) groups excluding carboxylic acids is 1. The maximum Gasteiger partial charge on any atom is 0.324 e. The van der Waals surface area contributed by atoms with Gasteiger partial charge in [-0.2, -0.15) is 8.78 Å². The van der Waals surface area contributed by atoms with Crippen LogP contribution in [0.25, 0.3) is 11.1 Å². The molecular weight excluding hydrogens is 390 g/mol. The molecule has 0 spiro atoms. The molecule has 0 aliphatic heterocycles. The topological polar surface area (TPSA) is 75.4 Å². The Hall–Kier alpha value is -2.80. The molecule has 2 aromatic carbocycles. The van der Waals surface area contributed by atoms with E-state index in [2.05, 4.69) is 10.3 Å². The predicted octanol–water partition coefficient (Wildman–Crippen LogP) is 4.80. The number of para-hydroxylation sites is 2. The van der Waals surface area contributed by atoms with Gasteiger partial charge >= 0.3 is 5.92 Å². The van der Waals surface area contributed by atoms with E-state index >= 15 is 0 Å². The Morgan fingerprint density at radius 1 is 1.17 bits per heavy atom. The highest BCUT2D eigenvalue weighted by Gasteiger charge is 2.40. The molecule has 30 heavy (non-hydrogen) atoms. The van der Waals surface area contributed by atoms with Crippen molar-refractivity contribution in [1.29, 1.82) is 0 Å². The minimum Gasteiger partial charge on any atom is -0.438 e. The average Bonchev–Trinajstić information content (AvgIpc) is 3.18. The summed E-state index contributed by atoms with van der Waals surface area (Å²) in [6, 6.07) is 15.4. The number of hydrogen-bond donors (Lipinski definition) is 2. The molecule has 0 saturated carbocycles. The fourth-order valence-corrected chi connectivity index (χ4v) is 3.36. The van der Waals surface area contributed by atoms with Crippen LogP contribution >= 0.6 is 0 Å². The molecule has 1 unspecified atom stereocenters. The number of aliphatic hydroxyl groups is 1. The Labute approximate surface area is 174 Å². The second-order valence-electron chi connectivity index (χ2n) is 7.38. The van der Waals surface area contributed by atoms with Gasteiger partial charge in [-0.05, 0) is 37.0 Å². The van der Waals surface area contributed by atoms with E-state index in [1.54, 1.807) is 24.3 Å². The number of benzene rings is 2. The SMILES string of the molecule is CCC[C@H](NC(=O)C(F)(F)CCCc1ccccc1)C(O)c1nc2ccccc2o1. The molecule has 1 heterocycles. The summed E-state index contributed by atoms with van der Waals surface area (Å²) in [4.78, 5) is 16.5. The second kappa shape index (κ2) is 9.80. The summed E-state index contributed by atoms with van der Waals surface area (Å²) in [6.45, 7) is 1.84. The van der Waals surface area contributed by atoms with Crippen molar-refractivity contribution in [2.24, 2.45) is 0 Å². The van der Waals surface area contributed by atoms with Crippen LogP contribution in [0.3, 0.4) is 0 Å². The van der Waals surface area contributed by atoms with E-state index in [0.717, 1.165) is 5.56 Å². The predicted molar refractivity (Wildman–Crippen MR) is 110 cm³/mol. The van der Waals surface area contributed by atoms with Crippen LogP contribution in [0.4, 0.5) is 8.78 Å². The quantitative estimate of drug-likeness (QED) is 0.498. The number of alkyl halides is 2. The zero-order chi connectivity index (χ0) is 21.6. The van der Waals surface area contributed by atoms with Crippen molar-refractivity contribution < 1.29 is 23.1 Å². The first-order valence-corrected chi connectivity index (χ1v) is 10.2. The van der Waals surface area contributed by atoms with E-state index in [-0.39, 0.29) is 12.3 Å². The van der Waals surface area contributed by atoms with Crippen molar-refractivity contribution in [2.75, 3.05) is 0 Å². The summed E-state index contributed by atoms with van der Waals surface area (Å²) in [7, 11) is 0. The summed E-state index contributed by atoms with van der Waals surface area (Å²) in [6.07, 6.45) is -0.343. The maximum atomic E-state index is 14.4. The lowest BCUT2D eigenvalue weighted by Gasteiger charge is -2.24. The molecule has 3 rings (SSSR count). The monoisotopic (exact) mass is 416 g/mol. The van der Waals surface area contributed by atoms with Gasteiger partial charge in [0.15, 0.2) is 11.7 Å². The zero-order valence-electron chi connectivity index (χ0n) is 16.9. The van der Waals surface area contributed by atoms with E-state index in [1.807, 2.05) is 37.3 Å². The van der Waals surface area contributed by atoms with Gasteiger partial charge in [0.05, 0.1) is 6.04 Å². The van der Waals surface area contributed by atoms with Gasteiger partial charge in [-0.3, -0.25) is 4.79 Å². The van der Waals surface area contributed by atoms with E-state index in [0.29, 0.717) is 30.4 Å². The molecule has 1 aromatic heterocycles. The zero-order valence-corrected chi connectivity index (χ0v) is 16.9. The van der Waals surface area contributed by atoms with Crippen LogP contribution in [0.2, 0.25) is 0 Å². The van der Waals surface area contributed by atoms with Gasteiger partial charge in [-0.25, -0.2) is 4.98 Å². The molecule has 5 nitrogen and oxygen atoms in total. The largest absolute Gasteiger partial charge is 0.438 e. The number of oxazole rings is 1. The van der Waals surface area contributed by atoms with Crippen molar-refractivity contribution in [3.05, 3.63) is 66.1 Å². The molecule has 2 atom stereocenters. The minimum atomic E-state index is -3.53. The first-order chi connectivity index (χ1) is 14.4. The van der Waals surface area contributed by atoms with Gasteiger partial charge in [-0.15, -0.1) is 0 Å². The number of rotatable bonds is 10. The normalized spacial score (nSPS) is 13.9. The van der Waals surface area contributed by atoms with Gasteiger partial charge in [0, 0.05) is 6.42 Å². The summed E-state index contributed by atoms with van der Waals surface area (Å²) in [5.41, 5.74) is 1.99. The molecule has 0 radical (unpaired) electrons. The Morgan fingerprint density at radius 3 is 2.57 bits per heavy atom. The number of aromatic nitrogens is 1. The average molecular weight is 416 g/mol. The number of amides is 1. The number of aliphatic hydroxyl groups excluding tert-OH is 1. The first kappa shape index (κ1) is 21.9. The Bertz CT molecular complexity index is 926. The van der Waals surface area contributed by atoms with Crippen LogP contribution in [-0.4, -0.2) is 28.0 Å². The van der Waals surface area contributed by atoms with E-state index in [9.17, 15) is 18.7 Å². The Kier molecular flexibility index (Phi) is 7.15. The molecule has 3 aromatic rings. The number of aryl methyl sites for hydroxylation is 1. The highest BCUT2D eigenvalue weighted by molar-refractivity contribution is 5.83. The first-order valence-electron chi connectivity index (χ1n) is 10.2. The molecule has 1 amide bonds. The van der Waals surface area contributed by atoms with Gasteiger partial charge in [0.25, 0.3) is 5.91 Å². The van der Waals surface area contributed by atoms with Gasteiger partial charge in [-0.1, -0.05) is 55.8 Å². The number of fused-ring (bicyclic) bond motifs is 1. The van der Waals surface area contributed by atoms with Crippen molar-refractivity contribution in [2.45, 2.75) is 57.1 Å². The number of halogens is 2. The Balaban J connectivity index is 1.62. The second-order valence-corrected chi connectivity index (χ2v) is 7.38. The van der Waals surface area contributed by atoms with Crippen LogP contribution in [0.15, 0.2) is 59.0 Å². The van der Waals surface area contributed by atoms with E-state index in [4.69, 9.17) is 4.42 Å². The maximum absolute atomic E-state index is 14.4. The lowest BCUT2D eigenvalue weighted by molar-refractivity contribution is -0.148. The van der Waals surface area contributed by atoms with Crippen molar-refractivity contribution in [3.63, 3.8) is 0 Å². The van der Waals surface area contributed by atoms with Gasteiger partial charge < -0.3 is 14.8 Å². The summed E-state index contributed by atoms with van der Waals surface area (Å²) in [5.74, 6) is -4.91. The van der Waals surface area contributed by atoms with E-state index in [1.165, 1.54) is 0 Å². The standard InChI is InChI=1S/C23H26F2N2O3/c1-2-9-18(20(28)21-26-17-13-6-7-14-19(17)30-21)27-22(29)23(24,25)15-8-12-16-10-4-3-5-11-16/h3-7,10-11,13-14,18,20,28H,2,8-9,12,15H2,1H3,(H,27,29)/t18-,20?/m0/s1. The highest BCUT2D eigenvalue weighted by atomic mass is 19.3. The molecule has 0 aliphatic rings. The van der Waals surface area contributed by atoms with Crippen molar-refractivity contribution in [1.82, 2.24) is 10.3 Å². The third-order valence-corrected chi connectivity index (χ3v) is 4.99. The molecular formula is C23H26F2N2O3. The molecule has 2 N–H and O–H groups in total. The molecule has 0 bridgehead atoms. The summed E-state index contributed by atoms with van der Waals surface area (Å²) >= 11 is 0. The van der Waals surface area contributed by atoms with Crippen LogP contribution in [-0.2, 0) is 11.2 Å². The summed E-state index contributed by atoms with van der Waals surface area (Å²) < 4.78 is 34.4. The lowest BCUT2D eigenvalue weighted by Crippen LogP contribution is -2.47. The molecule has 7 heteroatoms.